The van der Waals surface area contributed by atoms with E-state index in [1.807, 2.05) is 26.4 Å². The lowest BCUT2D eigenvalue weighted by Gasteiger charge is -2.15. The zero-order valence-electron chi connectivity index (χ0n) is 9.47. The molecule has 0 bridgehead atoms. The standard InChI is InChI=1S/C10H19N3O2/c1-8(9-4-12-13(2)6-9)11-5-10(14)7-15-3/h4,6,8,10-11,14H,5,7H2,1-3H3. The highest BCUT2D eigenvalue weighted by molar-refractivity contribution is 5.08. The van der Waals surface area contributed by atoms with Crippen LogP contribution in [0.25, 0.3) is 0 Å². The number of hydrogen-bond donors (Lipinski definition) is 2. The fourth-order valence-electron chi connectivity index (χ4n) is 1.35. The summed E-state index contributed by atoms with van der Waals surface area (Å²) in [6, 6.07) is 0.185. The van der Waals surface area contributed by atoms with Crippen molar-refractivity contribution in [2.45, 2.75) is 19.1 Å². The average Bonchev–Trinajstić information content (AvgIpc) is 2.62. The molecular weight excluding hydrogens is 194 g/mol. The molecule has 86 valence electrons. The molecule has 0 aromatic carbocycles. The van der Waals surface area contributed by atoms with Crippen molar-refractivity contribution in [1.29, 1.82) is 0 Å². The van der Waals surface area contributed by atoms with E-state index in [0.717, 1.165) is 5.56 Å². The van der Waals surface area contributed by atoms with Gasteiger partial charge in [0.25, 0.3) is 0 Å². The number of nitrogens with zero attached hydrogens (tertiary/aromatic N) is 2. The van der Waals surface area contributed by atoms with Crippen LogP contribution in [-0.4, -0.2) is 41.3 Å². The van der Waals surface area contributed by atoms with Gasteiger partial charge in [-0.3, -0.25) is 4.68 Å². The molecule has 1 aromatic rings. The summed E-state index contributed by atoms with van der Waals surface area (Å²) in [4.78, 5) is 0. The Bertz CT molecular complexity index is 288. The zero-order chi connectivity index (χ0) is 11.3. The lowest BCUT2D eigenvalue weighted by Crippen LogP contribution is -2.31. The van der Waals surface area contributed by atoms with Crippen LogP contribution in [0.4, 0.5) is 0 Å². The third-order valence-corrected chi connectivity index (χ3v) is 2.24. The van der Waals surface area contributed by atoms with Gasteiger partial charge in [0.1, 0.15) is 0 Å². The van der Waals surface area contributed by atoms with Crippen LogP contribution in [0.15, 0.2) is 12.4 Å². The van der Waals surface area contributed by atoms with E-state index in [-0.39, 0.29) is 6.04 Å². The maximum absolute atomic E-state index is 9.44. The number of nitrogens with one attached hydrogen (secondary N) is 1. The molecule has 0 aliphatic carbocycles. The highest BCUT2D eigenvalue weighted by atomic mass is 16.5. The number of aliphatic hydroxyl groups is 1. The molecule has 0 aliphatic heterocycles. The van der Waals surface area contributed by atoms with Crippen LogP contribution in [0.1, 0.15) is 18.5 Å². The summed E-state index contributed by atoms with van der Waals surface area (Å²) in [7, 11) is 3.46. The number of methoxy groups -OCH3 is 1. The van der Waals surface area contributed by atoms with E-state index in [1.165, 1.54) is 0 Å². The van der Waals surface area contributed by atoms with Crippen molar-refractivity contribution in [2.24, 2.45) is 7.05 Å². The third-order valence-electron chi connectivity index (χ3n) is 2.24. The van der Waals surface area contributed by atoms with Crippen molar-refractivity contribution < 1.29 is 9.84 Å². The minimum absolute atomic E-state index is 0.185. The van der Waals surface area contributed by atoms with E-state index < -0.39 is 6.10 Å². The van der Waals surface area contributed by atoms with Gasteiger partial charge in [0.05, 0.1) is 18.9 Å². The first-order valence-electron chi connectivity index (χ1n) is 5.02. The molecule has 0 fully saturated rings. The Balaban J connectivity index is 2.33. The number of aliphatic hydroxyl groups excluding tert-OH is 1. The maximum Gasteiger partial charge on any atom is 0.0897 e. The van der Waals surface area contributed by atoms with E-state index in [4.69, 9.17) is 4.74 Å². The Kier molecular flexibility index (Phi) is 4.74. The molecule has 15 heavy (non-hydrogen) atoms. The van der Waals surface area contributed by atoms with Gasteiger partial charge in [-0.15, -0.1) is 0 Å². The van der Waals surface area contributed by atoms with Crippen molar-refractivity contribution >= 4 is 0 Å². The lowest BCUT2D eigenvalue weighted by atomic mass is 10.2. The summed E-state index contributed by atoms with van der Waals surface area (Å²) in [5.41, 5.74) is 1.11. The fourth-order valence-corrected chi connectivity index (χ4v) is 1.35. The second-order valence-electron chi connectivity index (χ2n) is 3.69. The molecule has 1 heterocycles. The van der Waals surface area contributed by atoms with Gasteiger partial charge in [0.15, 0.2) is 0 Å². The van der Waals surface area contributed by atoms with Gasteiger partial charge in [-0.2, -0.15) is 5.10 Å². The van der Waals surface area contributed by atoms with Gasteiger partial charge in [0, 0.05) is 38.5 Å². The van der Waals surface area contributed by atoms with Crippen LogP contribution < -0.4 is 5.32 Å². The van der Waals surface area contributed by atoms with Crippen LogP contribution >= 0.6 is 0 Å². The first-order chi connectivity index (χ1) is 7.13. The first kappa shape index (κ1) is 12.2. The summed E-state index contributed by atoms with van der Waals surface area (Å²) in [5, 5.41) is 16.7. The van der Waals surface area contributed by atoms with Crippen molar-refractivity contribution in [3.63, 3.8) is 0 Å². The van der Waals surface area contributed by atoms with Crippen LogP contribution in [0.3, 0.4) is 0 Å². The van der Waals surface area contributed by atoms with Gasteiger partial charge in [-0.05, 0) is 6.92 Å². The Morgan fingerprint density at radius 1 is 1.67 bits per heavy atom. The summed E-state index contributed by atoms with van der Waals surface area (Å²) >= 11 is 0. The zero-order valence-corrected chi connectivity index (χ0v) is 9.47. The number of ether oxygens (including phenoxy) is 1. The summed E-state index contributed by atoms with van der Waals surface area (Å²) in [5.74, 6) is 0. The molecule has 5 nitrogen and oxygen atoms in total. The van der Waals surface area contributed by atoms with Gasteiger partial charge >= 0.3 is 0 Å². The minimum Gasteiger partial charge on any atom is -0.389 e. The first-order valence-corrected chi connectivity index (χ1v) is 5.02. The number of hydrogen-bond acceptors (Lipinski definition) is 4. The summed E-state index contributed by atoms with van der Waals surface area (Å²) in [6.07, 6.45) is 3.31. The Hall–Kier alpha value is -0.910. The molecule has 2 N–H and O–H groups in total. The number of aromatic nitrogens is 2. The quantitative estimate of drug-likeness (QED) is 0.702. The van der Waals surface area contributed by atoms with Gasteiger partial charge in [-0.25, -0.2) is 0 Å². The molecule has 2 atom stereocenters. The fraction of sp³-hybridized carbons (Fsp3) is 0.700. The molecule has 0 radical (unpaired) electrons. The average molecular weight is 213 g/mol. The molecule has 1 aromatic heterocycles. The van der Waals surface area contributed by atoms with Crippen LogP contribution in [-0.2, 0) is 11.8 Å². The molecule has 0 aliphatic rings. The molecule has 1 rings (SSSR count). The monoisotopic (exact) mass is 213 g/mol. The van der Waals surface area contributed by atoms with E-state index >= 15 is 0 Å². The molecule has 5 heteroatoms. The Morgan fingerprint density at radius 3 is 2.93 bits per heavy atom. The predicted molar refractivity (Wildman–Crippen MR) is 57.5 cm³/mol. The van der Waals surface area contributed by atoms with Crippen LogP contribution in [0.5, 0.6) is 0 Å². The molecular formula is C10H19N3O2. The number of rotatable bonds is 6. The smallest absolute Gasteiger partial charge is 0.0897 e. The van der Waals surface area contributed by atoms with Gasteiger partial charge < -0.3 is 15.2 Å². The van der Waals surface area contributed by atoms with E-state index in [1.54, 1.807) is 11.8 Å². The van der Waals surface area contributed by atoms with E-state index in [9.17, 15) is 5.11 Å². The normalized spacial score (nSPS) is 15.2. The molecule has 0 saturated heterocycles. The minimum atomic E-state index is -0.464. The van der Waals surface area contributed by atoms with E-state index in [0.29, 0.717) is 13.2 Å². The maximum atomic E-state index is 9.44. The van der Waals surface area contributed by atoms with Gasteiger partial charge in [0.2, 0.25) is 0 Å². The lowest BCUT2D eigenvalue weighted by molar-refractivity contribution is 0.0630. The Morgan fingerprint density at radius 2 is 2.40 bits per heavy atom. The highest BCUT2D eigenvalue weighted by Crippen LogP contribution is 2.09. The topological polar surface area (TPSA) is 59.3 Å². The SMILES string of the molecule is COCC(O)CNC(C)c1cnn(C)c1. The van der Waals surface area contributed by atoms with Gasteiger partial charge in [-0.1, -0.05) is 0 Å². The molecule has 0 amide bonds. The van der Waals surface area contributed by atoms with Crippen molar-refractivity contribution in [3.05, 3.63) is 18.0 Å². The molecule has 2 unspecified atom stereocenters. The summed E-state index contributed by atoms with van der Waals surface area (Å²) in [6.45, 7) is 2.91. The summed E-state index contributed by atoms with van der Waals surface area (Å²) < 4.78 is 6.60. The predicted octanol–water partition coefficient (Wildman–Crippen LogP) is 0.0780. The van der Waals surface area contributed by atoms with Crippen LogP contribution in [0.2, 0.25) is 0 Å². The Labute approximate surface area is 90.1 Å². The highest BCUT2D eigenvalue weighted by Gasteiger charge is 2.09. The van der Waals surface area contributed by atoms with Crippen LogP contribution in [0, 0.1) is 0 Å². The molecule has 0 saturated carbocycles. The molecule has 0 spiro atoms. The number of aryl methyl sites for hydroxylation is 1. The third kappa shape index (κ3) is 3.99. The second-order valence-corrected chi connectivity index (χ2v) is 3.69. The van der Waals surface area contributed by atoms with Crippen molar-refractivity contribution in [1.82, 2.24) is 15.1 Å². The van der Waals surface area contributed by atoms with Crippen molar-refractivity contribution in [3.8, 4) is 0 Å². The largest absolute Gasteiger partial charge is 0.389 e. The van der Waals surface area contributed by atoms with E-state index in [2.05, 4.69) is 10.4 Å². The second kappa shape index (κ2) is 5.85. The van der Waals surface area contributed by atoms with Crippen molar-refractivity contribution in [2.75, 3.05) is 20.3 Å².